The van der Waals surface area contributed by atoms with E-state index >= 15 is 0 Å². The number of halogens is 3. The highest BCUT2D eigenvalue weighted by Gasteiger charge is 2.27. The predicted octanol–water partition coefficient (Wildman–Crippen LogP) is 2.90. The second kappa shape index (κ2) is 6.28. The Morgan fingerprint density at radius 3 is 2.78 bits per heavy atom. The lowest BCUT2D eigenvalue weighted by atomic mass is 10.4. The number of methoxy groups -OCH3 is 1. The molecule has 0 aliphatic heterocycles. The Bertz CT molecular complexity index is 420. The Labute approximate surface area is 110 Å². The van der Waals surface area contributed by atoms with E-state index in [0.29, 0.717) is 15.7 Å². The Balaban J connectivity index is 2.47. The number of hydrogen-bond acceptors (Lipinski definition) is 6. The van der Waals surface area contributed by atoms with Crippen LogP contribution in [-0.4, -0.2) is 35.9 Å². The van der Waals surface area contributed by atoms with E-state index < -0.39 is 11.5 Å². The summed E-state index contributed by atoms with van der Waals surface area (Å²) in [5.74, 6) is -0.613. The first-order chi connectivity index (χ1) is 8.33. The van der Waals surface area contributed by atoms with Gasteiger partial charge in [-0.15, -0.1) is 0 Å². The van der Waals surface area contributed by atoms with Crippen molar-refractivity contribution in [3.8, 4) is 0 Å². The molecular formula is C9H11F3N2O2S2. The number of nitrogens with zero attached hydrogens (tertiary/aromatic N) is 1. The summed E-state index contributed by atoms with van der Waals surface area (Å²) in [6.45, 7) is 1.76. The highest BCUT2D eigenvalue weighted by molar-refractivity contribution is 8.00. The van der Waals surface area contributed by atoms with Gasteiger partial charge in [-0.05, 0) is 18.7 Å². The van der Waals surface area contributed by atoms with Crippen LogP contribution in [0, 0.1) is 6.92 Å². The molecule has 102 valence electrons. The highest BCUT2D eigenvalue weighted by Crippen LogP contribution is 2.30. The molecule has 0 spiro atoms. The molecule has 1 heterocycles. The van der Waals surface area contributed by atoms with Crippen LogP contribution in [0.1, 0.15) is 15.4 Å². The number of anilines is 1. The molecule has 1 aromatic rings. The molecule has 0 atom stereocenters. The van der Waals surface area contributed by atoms with Crippen molar-refractivity contribution in [2.24, 2.45) is 0 Å². The smallest absolute Gasteiger partial charge is 0.441 e. The first-order valence-corrected chi connectivity index (χ1v) is 6.64. The van der Waals surface area contributed by atoms with E-state index in [4.69, 9.17) is 0 Å². The van der Waals surface area contributed by atoms with E-state index in [0.717, 1.165) is 11.3 Å². The van der Waals surface area contributed by atoms with Crippen molar-refractivity contribution in [3.63, 3.8) is 0 Å². The van der Waals surface area contributed by atoms with Crippen molar-refractivity contribution in [2.75, 3.05) is 24.7 Å². The Kier molecular flexibility index (Phi) is 5.27. The quantitative estimate of drug-likeness (QED) is 0.669. The van der Waals surface area contributed by atoms with E-state index in [1.165, 1.54) is 7.11 Å². The van der Waals surface area contributed by atoms with Crippen LogP contribution < -0.4 is 5.32 Å². The summed E-state index contributed by atoms with van der Waals surface area (Å²) in [6.07, 6.45) is 0. The molecule has 0 aliphatic carbocycles. The number of thioether (sulfide) groups is 1. The number of carbonyl (C=O) groups is 1. The second-order valence-corrected chi connectivity index (χ2v) is 5.31. The molecule has 1 aromatic heterocycles. The van der Waals surface area contributed by atoms with Crippen molar-refractivity contribution in [1.82, 2.24) is 4.98 Å². The maximum Gasteiger partial charge on any atom is 0.441 e. The fourth-order valence-electron chi connectivity index (χ4n) is 1.08. The summed E-state index contributed by atoms with van der Waals surface area (Å²) in [5.41, 5.74) is -3.73. The molecule has 0 saturated carbocycles. The summed E-state index contributed by atoms with van der Waals surface area (Å²) >= 11 is 0.960. The molecule has 4 nitrogen and oxygen atoms in total. The number of hydrogen-bond donors (Lipinski definition) is 1. The molecule has 0 amide bonds. The van der Waals surface area contributed by atoms with Gasteiger partial charge in [0.05, 0.1) is 12.8 Å². The Morgan fingerprint density at radius 1 is 1.56 bits per heavy atom. The number of carbonyl (C=O) groups excluding carboxylic acids is 1. The maximum atomic E-state index is 11.9. The van der Waals surface area contributed by atoms with Crippen LogP contribution in [0.2, 0.25) is 0 Å². The molecule has 0 aromatic carbocycles. The Morgan fingerprint density at radius 2 is 2.22 bits per heavy atom. The van der Waals surface area contributed by atoms with E-state index in [9.17, 15) is 18.0 Å². The van der Waals surface area contributed by atoms with E-state index in [1.807, 2.05) is 0 Å². The molecule has 0 aliphatic rings. The van der Waals surface area contributed by atoms with Crippen molar-refractivity contribution in [2.45, 2.75) is 12.4 Å². The zero-order valence-electron chi connectivity index (χ0n) is 9.63. The molecule has 0 saturated heterocycles. The molecular weight excluding hydrogens is 289 g/mol. The van der Waals surface area contributed by atoms with Gasteiger partial charge in [-0.3, -0.25) is 0 Å². The Hall–Kier alpha value is -0.960. The summed E-state index contributed by atoms with van der Waals surface area (Å²) in [5, 5.41) is 3.15. The lowest BCUT2D eigenvalue weighted by molar-refractivity contribution is -0.0327. The van der Waals surface area contributed by atoms with Gasteiger partial charge in [0.2, 0.25) is 0 Å². The first kappa shape index (κ1) is 15.1. The number of aryl methyl sites for hydroxylation is 1. The summed E-state index contributed by atoms with van der Waals surface area (Å²) in [7, 11) is 1.26. The first-order valence-electron chi connectivity index (χ1n) is 4.84. The minimum atomic E-state index is -4.22. The highest BCUT2D eigenvalue weighted by atomic mass is 32.2. The molecule has 1 N–H and O–H groups in total. The molecule has 1 rings (SSSR count). The van der Waals surface area contributed by atoms with Gasteiger partial charge in [0.25, 0.3) is 0 Å². The molecule has 0 fully saturated rings. The number of rotatable bonds is 5. The molecule has 0 radical (unpaired) electrons. The van der Waals surface area contributed by atoms with Crippen LogP contribution in [-0.2, 0) is 4.74 Å². The topological polar surface area (TPSA) is 51.2 Å². The maximum absolute atomic E-state index is 11.9. The van der Waals surface area contributed by atoms with Gasteiger partial charge in [-0.2, -0.15) is 13.2 Å². The summed E-state index contributed by atoms with van der Waals surface area (Å²) in [6, 6.07) is 0. The molecule has 0 bridgehead atoms. The van der Waals surface area contributed by atoms with Gasteiger partial charge in [-0.1, -0.05) is 11.3 Å². The van der Waals surface area contributed by atoms with Gasteiger partial charge in [0, 0.05) is 12.3 Å². The van der Waals surface area contributed by atoms with Crippen LogP contribution in [0.4, 0.5) is 18.3 Å². The van der Waals surface area contributed by atoms with E-state index in [1.54, 1.807) is 6.92 Å². The molecule has 18 heavy (non-hydrogen) atoms. The van der Waals surface area contributed by atoms with Crippen LogP contribution in [0.5, 0.6) is 0 Å². The third-order valence-corrected chi connectivity index (χ3v) is 3.64. The van der Waals surface area contributed by atoms with Crippen LogP contribution in [0.3, 0.4) is 0 Å². The lowest BCUT2D eigenvalue weighted by Gasteiger charge is -2.05. The molecule has 0 unspecified atom stereocenters. The van der Waals surface area contributed by atoms with Gasteiger partial charge in [0.1, 0.15) is 4.88 Å². The fourth-order valence-corrected chi connectivity index (χ4v) is 2.42. The van der Waals surface area contributed by atoms with Gasteiger partial charge in [-0.25, -0.2) is 9.78 Å². The van der Waals surface area contributed by atoms with Crippen LogP contribution in [0.15, 0.2) is 0 Å². The van der Waals surface area contributed by atoms with E-state index in [2.05, 4.69) is 15.0 Å². The summed E-state index contributed by atoms with van der Waals surface area (Å²) in [4.78, 5) is 15.7. The van der Waals surface area contributed by atoms with Crippen molar-refractivity contribution >= 4 is 34.2 Å². The number of esters is 1. The molecule has 9 heteroatoms. The average Bonchev–Trinajstić information content (AvgIpc) is 2.64. The largest absolute Gasteiger partial charge is 0.465 e. The van der Waals surface area contributed by atoms with Crippen molar-refractivity contribution < 1.29 is 22.7 Å². The lowest BCUT2D eigenvalue weighted by Crippen LogP contribution is -2.09. The minimum Gasteiger partial charge on any atom is -0.465 e. The SMILES string of the molecule is COC(=O)c1sc(NCCSC(F)(F)F)nc1C. The second-order valence-electron chi connectivity index (χ2n) is 3.15. The fraction of sp³-hybridized carbons (Fsp3) is 0.556. The van der Waals surface area contributed by atoms with E-state index in [-0.39, 0.29) is 24.1 Å². The summed E-state index contributed by atoms with van der Waals surface area (Å²) < 4.78 is 40.1. The van der Waals surface area contributed by atoms with Crippen LogP contribution >= 0.6 is 23.1 Å². The average molecular weight is 300 g/mol. The van der Waals surface area contributed by atoms with Crippen LogP contribution in [0.25, 0.3) is 0 Å². The van der Waals surface area contributed by atoms with Gasteiger partial charge in [0.15, 0.2) is 5.13 Å². The number of thiazole rings is 1. The van der Waals surface area contributed by atoms with Crippen molar-refractivity contribution in [3.05, 3.63) is 10.6 Å². The van der Waals surface area contributed by atoms with Gasteiger partial charge >= 0.3 is 11.5 Å². The third-order valence-electron chi connectivity index (χ3n) is 1.81. The zero-order valence-corrected chi connectivity index (χ0v) is 11.3. The van der Waals surface area contributed by atoms with Crippen molar-refractivity contribution in [1.29, 1.82) is 0 Å². The monoisotopic (exact) mass is 300 g/mol. The number of alkyl halides is 3. The standard InChI is InChI=1S/C9H11F3N2O2S2/c1-5-6(7(15)16-2)18-8(14-5)13-3-4-17-9(10,11)12/h3-4H2,1-2H3,(H,13,14). The number of ether oxygens (including phenoxy) is 1. The predicted molar refractivity (Wildman–Crippen MR) is 65.2 cm³/mol. The zero-order chi connectivity index (χ0) is 13.8. The normalized spacial score (nSPS) is 11.4. The number of nitrogens with one attached hydrogen (secondary N) is 1. The van der Waals surface area contributed by atoms with Gasteiger partial charge < -0.3 is 10.1 Å². The number of aromatic nitrogens is 1. The minimum absolute atomic E-state index is 0.103. The third kappa shape index (κ3) is 4.73.